The van der Waals surface area contributed by atoms with E-state index in [2.05, 4.69) is 4.74 Å². The van der Waals surface area contributed by atoms with E-state index in [0.29, 0.717) is 0 Å². The van der Waals surface area contributed by atoms with Crippen molar-refractivity contribution in [2.24, 2.45) is 0 Å². The normalized spacial score (nSPS) is 44.2. The lowest BCUT2D eigenvalue weighted by molar-refractivity contribution is -0.209. The van der Waals surface area contributed by atoms with Crippen LogP contribution in [-0.4, -0.2) is 35.4 Å². The molecule has 3 unspecified atom stereocenters. The van der Waals surface area contributed by atoms with Crippen molar-refractivity contribution in [1.29, 1.82) is 0 Å². The van der Waals surface area contributed by atoms with Crippen molar-refractivity contribution in [3.63, 3.8) is 0 Å². The number of hydrogen-bond donors (Lipinski definition) is 1. The first kappa shape index (κ1) is 7.97. The van der Waals surface area contributed by atoms with Crippen molar-refractivity contribution in [2.75, 3.05) is 0 Å². The molecule has 0 saturated carbocycles. The van der Waals surface area contributed by atoms with E-state index in [1.807, 2.05) is 0 Å². The third kappa shape index (κ3) is 1.01. The van der Waals surface area contributed by atoms with E-state index < -0.39 is 30.3 Å². The molecule has 68 valence electrons. The highest BCUT2D eigenvalue weighted by Crippen LogP contribution is 2.34. The van der Waals surface area contributed by atoms with Crippen molar-refractivity contribution < 1.29 is 24.1 Å². The largest absolute Gasteiger partial charge is 0.431 e. The topological polar surface area (TPSA) is 65.0 Å². The molecule has 0 aliphatic carbocycles. The first-order valence-corrected chi connectivity index (χ1v) is 3.74. The van der Waals surface area contributed by atoms with Gasteiger partial charge in [-0.2, -0.15) is 0 Å². The second-order valence-corrected chi connectivity index (χ2v) is 3.35. The van der Waals surface area contributed by atoms with Gasteiger partial charge in [-0.3, -0.25) is 0 Å². The number of esters is 1. The van der Waals surface area contributed by atoms with Gasteiger partial charge in [-0.1, -0.05) is 0 Å². The summed E-state index contributed by atoms with van der Waals surface area (Å²) in [6.45, 7) is 3.37. The molecule has 2 saturated heterocycles. The molecule has 0 aromatic carbocycles. The molecule has 0 bridgehead atoms. The summed E-state index contributed by atoms with van der Waals surface area (Å²) >= 11 is 0. The predicted octanol–water partition coefficient (Wildman–Crippen LogP) is -0.618. The van der Waals surface area contributed by atoms with Crippen LogP contribution in [0.2, 0.25) is 0 Å². The molecule has 0 spiro atoms. The lowest BCUT2D eigenvalue weighted by atomic mass is 10.2. The summed E-state index contributed by atoms with van der Waals surface area (Å²) in [5.74, 6) is -1.37. The van der Waals surface area contributed by atoms with Crippen molar-refractivity contribution in [3.8, 4) is 0 Å². The zero-order valence-electron chi connectivity index (χ0n) is 6.81. The van der Waals surface area contributed by atoms with E-state index in [-0.39, 0.29) is 0 Å². The Balaban J connectivity index is 2.20. The molecule has 12 heavy (non-hydrogen) atoms. The molecule has 2 rings (SSSR count). The Morgan fingerprint density at radius 1 is 1.42 bits per heavy atom. The Labute approximate surface area is 69.2 Å². The molecule has 5 heteroatoms. The number of carbonyl (C=O) groups is 1. The second kappa shape index (κ2) is 2.18. The fraction of sp³-hybridized carbons (Fsp3) is 0.857. The third-order valence-electron chi connectivity index (χ3n) is 1.88. The van der Waals surface area contributed by atoms with Crippen molar-refractivity contribution in [2.45, 2.75) is 38.1 Å². The van der Waals surface area contributed by atoms with Crippen LogP contribution in [0.3, 0.4) is 0 Å². The number of cyclic esters (lactones) is 1. The molecule has 2 heterocycles. The SMILES string of the molecule is CC1(C)OC2C(=O)OC(O)C2O1. The van der Waals surface area contributed by atoms with Crippen LogP contribution in [0.4, 0.5) is 0 Å². The monoisotopic (exact) mass is 174 g/mol. The first-order chi connectivity index (χ1) is 5.49. The summed E-state index contributed by atoms with van der Waals surface area (Å²) in [7, 11) is 0. The van der Waals surface area contributed by atoms with E-state index in [1.165, 1.54) is 0 Å². The summed E-state index contributed by atoms with van der Waals surface area (Å²) < 4.78 is 14.9. The van der Waals surface area contributed by atoms with E-state index in [1.54, 1.807) is 13.8 Å². The standard InChI is InChI=1S/C7H10O5/c1-7(2)11-3-4(12-7)6(9)10-5(3)8/h3-5,8H,1-2H3. The number of aliphatic hydroxyl groups excluding tert-OH is 1. The van der Waals surface area contributed by atoms with E-state index in [4.69, 9.17) is 14.6 Å². The molecule has 0 aromatic heterocycles. The first-order valence-electron chi connectivity index (χ1n) is 3.74. The summed E-state index contributed by atoms with van der Waals surface area (Å²) in [6, 6.07) is 0. The van der Waals surface area contributed by atoms with E-state index >= 15 is 0 Å². The van der Waals surface area contributed by atoms with Gasteiger partial charge in [0.15, 0.2) is 18.0 Å². The van der Waals surface area contributed by atoms with Crippen molar-refractivity contribution in [1.82, 2.24) is 0 Å². The minimum absolute atomic E-state index is 0.557. The van der Waals surface area contributed by atoms with Crippen LogP contribution in [0.1, 0.15) is 13.8 Å². The Morgan fingerprint density at radius 3 is 2.67 bits per heavy atom. The summed E-state index contributed by atoms with van der Waals surface area (Å²) in [6.07, 6.45) is -2.63. The highest BCUT2D eigenvalue weighted by molar-refractivity contribution is 5.78. The predicted molar refractivity (Wildman–Crippen MR) is 35.9 cm³/mol. The van der Waals surface area contributed by atoms with Gasteiger partial charge in [-0.25, -0.2) is 4.79 Å². The van der Waals surface area contributed by atoms with Crippen LogP contribution in [0.5, 0.6) is 0 Å². The third-order valence-corrected chi connectivity index (χ3v) is 1.88. The number of aliphatic hydroxyl groups is 1. The molecule has 2 fully saturated rings. The average molecular weight is 174 g/mol. The highest BCUT2D eigenvalue weighted by atomic mass is 16.8. The van der Waals surface area contributed by atoms with Crippen LogP contribution in [0.25, 0.3) is 0 Å². The maximum absolute atomic E-state index is 11.0. The molecule has 0 radical (unpaired) electrons. The summed E-state index contributed by atoms with van der Waals surface area (Å²) in [5, 5.41) is 9.15. The molecule has 2 aliphatic rings. The van der Waals surface area contributed by atoms with Gasteiger partial charge >= 0.3 is 5.97 Å². The Kier molecular flexibility index (Phi) is 1.45. The number of carbonyl (C=O) groups excluding carboxylic acids is 1. The second-order valence-electron chi connectivity index (χ2n) is 3.35. The lowest BCUT2D eigenvalue weighted by Gasteiger charge is -2.18. The summed E-state index contributed by atoms with van der Waals surface area (Å²) in [5.41, 5.74) is 0. The quantitative estimate of drug-likeness (QED) is 0.496. The van der Waals surface area contributed by atoms with Gasteiger partial charge in [0.25, 0.3) is 0 Å². The van der Waals surface area contributed by atoms with Gasteiger partial charge in [0.1, 0.15) is 0 Å². The van der Waals surface area contributed by atoms with Crippen molar-refractivity contribution >= 4 is 5.97 Å². The van der Waals surface area contributed by atoms with Crippen LogP contribution < -0.4 is 0 Å². The van der Waals surface area contributed by atoms with Gasteiger partial charge in [0, 0.05) is 0 Å². The zero-order valence-corrected chi connectivity index (χ0v) is 6.81. The molecule has 3 atom stereocenters. The maximum atomic E-state index is 11.0. The van der Waals surface area contributed by atoms with Gasteiger partial charge < -0.3 is 19.3 Å². The molecule has 5 nitrogen and oxygen atoms in total. The van der Waals surface area contributed by atoms with Gasteiger partial charge in [0.2, 0.25) is 6.29 Å². The van der Waals surface area contributed by atoms with Crippen LogP contribution in [0, 0.1) is 0 Å². The molecule has 2 aliphatic heterocycles. The zero-order chi connectivity index (χ0) is 8.93. The van der Waals surface area contributed by atoms with E-state index in [9.17, 15) is 4.79 Å². The van der Waals surface area contributed by atoms with Gasteiger partial charge in [-0.05, 0) is 13.8 Å². The Morgan fingerprint density at radius 2 is 2.08 bits per heavy atom. The van der Waals surface area contributed by atoms with Gasteiger partial charge in [-0.15, -0.1) is 0 Å². The molecule has 1 N–H and O–H groups in total. The summed E-state index contributed by atoms with van der Waals surface area (Å²) in [4.78, 5) is 11.0. The van der Waals surface area contributed by atoms with Crippen LogP contribution >= 0.6 is 0 Å². The van der Waals surface area contributed by atoms with Crippen molar-refractivity contribution in [3.05, 3.63) is 0 Å². The Hall–Kier alpha value is -0.650. The minimum atomic E-state index is -1.19. The number of fused-ring (bicyclic) bond motifs is 1. The molecular weight excluding hydrogens is 164 g/mol. The minimum Gasteiger partial charge on any atom is -0.431 e. The van der Waals surface area contributed by atoms with Gasteiger partial charge in [0.05, 0.1) is 0 Å². The highest BCUT2D eigenvalue weighted by Gasteiger charge is 2.55. The molecular formula is C7H10O5. The molecule has 0 amide bonds. The smallest absolute Gasteiger partial charge is 0.340 e. The lowest BCUT2D eigenvalue weighted by Crippen LogP contribution is -2.29. The fourth-order valence-electron chi connectivity index (χ4n) is 1.43. The number of rotatable bonds is 0. The van der Waals surface area contributed by atoms with Crippen LogP contribution in [0.15, 0.2) is 0 Å². The molecule has 0 aromatic rings. The maximum Gasteiger partial charge on any atom is 0.340 e. The fourth-order valence-corrected chi connectivity index (χ4v) is 1.43. The number of hydrogen-bond acceptors (Lipinski definition) is 5. The average Bonchev–Trinajstić information content (AvgIpc) is 2.34. The van der Waals surface area contributed by atoms with E-state index in [0.717, 1.165) is 0 Å². The number of ether oxygens (including phenoxy) is 3. The van der Waals surface area contributed by atoms with Crippen LogP contribution in [-0.2, 0) is 19.0 Å². The Bertz CT molecular complexity index is 224.